The zero-order chi connectivity index (χ0) is 13.4. The second-order valence-electron chi connectivity index (χ2n) is 5.92. The highest BCUT2D eigenvalue weighted by molar-refractivity contribution is 7.99. The summed E-state index contributed by atoms with van der Waals surface area (Å²) in [6.45, 7) is 2.39. The topological polar surface area (TPSA) is 41.5 Å². The predicted molar refractivity (Wildman–Crippen MR) is 81.8 cm³/mol. The Morgan fingerprint density at radius 1 is 1.16 bits per heavy atom. The van der Waals surface area contributed by atoms with Gasteiger partial charge in [0.2, 0.25) is 0 Å². The summed E-state index contributed by atoms with van der Waals surface area (Å²) in [6, 6.07) is 0. The molecule has 2 rings (SSSR count). The van der Waals surface area contributed by atoms with Crippen LogP contribution in [0.1, 0.15) is 51.4 Å². The van der Waals surface area contributed by atoms with Crippen molar-refractivity contribution in [3.05, 3.63) is 0 Å². The Morgan fingerprint density at radius 2 is 2.00 bits per heavy atom. The average molecular weight is 287 g/mol. The number of nitrogens with one attached hydrogen (secondary N) is 1. The van der Waals surface area contributed by atoms with E-state index < -0.39 is 0 Å². The molecule has 19 heavy (non-hydrogen) atoms. The zero-order valence-electron chi connectivity index (χ0n) is 12.0. The molecule has 1 saturated carbocycles. The lowest BCUT2D eigenvalue weighted by molar-refractivity contribution is -0.0621. The molecule has 1 atom stereocenters. The Bertz CT molecular complexity index is 244. The molecule has 4 heteroatoms. The lowest BCUT2D eigenvalue weighted by Crippen LogP contribution is -2.35. The highest BCUT2D eigenvalue weighted by atomic mass is 32.2. The first kappa shape index (κ1) is 15.6. The van der Waals surface area contributed by atoms with Crippen LogP contribution in [0.4, 0.5) is 0 Å². The highest BCUT2D eigenvalue weighted by Gasteiger charge is 2.40. The average Bonchev–Trinajstić information content (AvgIpc) is 2.81. The second kappa shape index (κ2) is 8.50. The van der Waals surface area contributed by atoms with Crippen LogP contribution in [0, 0.1) is 0 Å². The summed E-state index contributed by atoms with van der Waals surface area (Å²) >= 11 is 1.92. The van der Waals surface area contributed by atoms with Crippen molar-refractivity contribution in [3.63, 3.8) is 0 Å². The number of hydrogen-bond acceptors (Lipinski definition) is 4. The summed E-state index contributed by atoms with van der Waals surface area (Å²) in [5.74, 6) is 2.21. The molecule has 2 fully saturated rings. The summed E-state index contributed by atoms with van der Waals surface area (Å²) in [5, 5.41) is 12.2. The van der Waals surface area contributed by atoms with Crippen LogP contribution in [0.3, 0.4) is 0 Å². The minimum atomic E-state index is 0.264. The lowest BCUT2D eigenvalue weighted by atomic mass is 9.83. The Balaban J connectivity index is 1.51. The summed E-state index contributed by atoms with van der Waals surface area (Å²) in [7, 11) is 0. The zero-order valence-corrected chi connectivity index (χ0v) is 12.8. The molecule has 2 N–H and O–H groups in total. The third-order valence-electron chi connectivity index (χ3n) is 4.35. The van der Waals surface area contributed by atoms with E-state index in [0.29, 0.717) is 12.7 Å². The van der Waals surface area contributed by atoms with E-state index in [4.69, 9.17) is 9.84 Å². The highest BCUT2D eigenvalue weighted by Crippen LogP contribution is 2.41. The SMILES string of the molecule is OCCCSCCNCC1CCC2(CCCCC2)O1. The van der Waals surface area contributed by atoms with E-state index in [0.717, 1.165) is 31.0 Å². The first-order valence-electron chi connectivity index (χ1n) is 7.92. The van der Waals surface area contributed by atoms with Gasteiger partial charge in [0.05, 0.1) is 11.7 Å². The number of hydrogen-bond donors (Lipinski definition) is 2. The van der Waals surface area contributed by atoms with E-state index in [1.807, 2.05) is 11.8 Å². The minimum absolute atomic E-state index is 0.264. The maximum atomic E-state index is 8.69. The van der Waals surface area contributed by atoms with Gasteiger partial charge in [-0.1, -0.05) is 19.3 Å². The summed E-state index contributed by atoms with van der Waals surface area (Å²) in [4.78, 5) is 0. The van der Waals surface area contributed by atoms with Crippen LogP contribution >= 0.6 is 11.8 Å². The van der Waals surface area contributed by atoms with Gasteiger partial charge in [0.1, 0.15) is 0 Å². The van der Waals surface area contributed by atoms with Crippen molar-refractivity contribution in [3.8, 4) is 0 Å². The molecule has 3 nitrogen and oxygen atoms in total. The van der Waals surface area contributed by atoms with E-state index in [-0.39, 0.29) is 5.60 Å². The largest absolute Gasteiger partial charge is 0.396 e. The van der Waals surface area contributed by atoms with Gasteiger partial charge in [-0.3, -0.25) is 0 Å². The van der Waals surface area contributed by atoms with Crippen molar-refractivity contribution in [1.29, 1.82) is 0 Å². The quantitative estimate of drug-likeness (QED) is 0.673. The molecule has 0 radical (unpaired) electrons. The molecule has 0 amide bonds. The monoisotopic (exact) mass is 287 g/mol. The molecule has 1 unspecified atom stereocenters. The normalized spacial score (nSPS) is 26.1. The minimum Gasteiger partial charge on any atom is -0.396 e. The van der Waals surface area contributed by atoms with Crippen LogP contribution in [-0.4, -0.2) is 48.0 Å². The Labute approximate surface area is 121 Å². The van der Waals surface area contributed by atoms with Gasteiger partial charge in [-0.15, -0.1) is 0 Å². The van der Waals surface area contributed by atoms with Crippen molar-refractivity contribution in [2.75, 3.05) is 31.2 Å². The molecule has 1 heterocycles. The van der Waals surface area contributed by atoms with Crippen molar-refractivity contribution >= 4 is 11.8 Å². The molecule has 2 aliphatic rings. The molecule has 112 valence electrons. The Morgan fingerprint density at radius 3 is 2.79 bits per heavy atom. The molecule has 1 spiro atoms. The number of rotatable bonds is 8. The van der Waals surface area contributed by atoms with Gasteiger partial charge in [0.25, 0.3) is 0 Å². The van der Waals surface area contributed by atoms with Crippen molar-refractivity contribution in [2.45, 2.75) is 63.1 Å². The van der Waals surface area contributed by atoms with Crippen molar-refractivity contribution < 1.29 is 9.84 Å². The van der Waals surface area contributed by atoms with Crippen LogP contribution in [-0.2, 0) is 4.74 Å². The molecular formula is C15H29NO2S. The van der Waals surface area contributed by atoms with Gasteiger partial charge in [0.15, 0.2) is 0 Å². The standard InChI is InChI=1S/C15H29NO2S/c17-10-4-11-19-12-9-16-13-14-5-8-15(18-14)6-2-1-3-7-15/h14,16-17H,1-13H2. The van der Waals surface area contributed by atoms with Crippen LogP contribution in [0.25, 0.3) is 0 Å². The Hall–Kier alpha value is 0.230. The smallest absolute Gasteiger partial charge is 0.0708 e. The van der Waals surface area contributed by atoms with Crippen molar-refractivity contribution in [1.82, 2.24) is 5.32 Å². The molecule has 1 aliphatic heterocycles. The lowest BCUT2D eigenvalue weighted by Gasteiger charge is -2.33. The maximum absolute atomic E-state index is 8.69. The third kappa shape index (κ3) is 5.25. The summed E-state index contributed by atoms with van der Waals surface area (Å²) in [5.41, 5.74) is 0.264. The fraction of sp³-hybridized carbons (Fsp3) is 1.00. The van der Waals surface area contributed by atoms with Crippen LogP contribution in [0.5, 0.6) is 0 Å². The van der Waals surface area contributed by atoms with Gasteiger partial charge < -0.3 is 15.2 Å². The van der Waals surface area contributed by atoms with Crippen LogP contribution < -0.4 is 5.32 Å². The first-order chi connectivity index (χ1) is 9.35. The molecule has 0 aromatic carbocycles. The Kier molecular flexibility index (Phi) is 6.99. The van der Waals surface area contributed by atoms with E-state index in [1.54, 1.807) is 0 Å². The van der Waals surface area contributed by atoms with Gasteiger partial charge in [0, 0.05) is 25.4 Å². The molecule has 1 saturated heterocycles. The summed E-state index contributed by atoms with van der Waals surface area (Å²) in [6.07, 6.45) is 10.6. The predicted octanol–water partition coefficient (Wildman–Crippen LogP) is 2.57. The van der Waals surface area contributed by atoms with Crippen LogP contribution in [0.2, 0.25) is 0 Å². The van der Waals surface area contributed by atoms with E-state index in [2.05, 4.69) is 5.32 Å². The van der Waals surface area contributed by atoms with Gasteiger partial charge in [-0.25, -0.2) is 0 Å². The number of aliphatic hydroxyl groups is 1. The van der Waals surface area contributed by atoms with E-state index >= 15 is 0 Å². The van der Waals surface area contributed by atoms with Crippen molar-refractivity contribution in [2.24, 2.45) is 0 Å². The van der Waals surface area contributed by atoms with Crippen LogP contribution in [0.15, 0.2) is 0 Å². The molecule has 0 bridgehead atoms. The maximum Gasteiger partial charge on any atom is 0.0708 e. The number of aliphatic hydroxyl groups excluding tert-OH is 1. The van der Waals surface area contributed by atoms with E-state index in [1.165, 1.54) is 44.9 Å². The number of thioether (sulfide) groups is 1. The van der Waals surface area contributed by atoms with Gasteiger partial charge in [-0.2, -0.15) is 11.8 Å². The van der Waals surface area contributed by atoms with E-state index in [9.17, 15) is 0 Å². The molecule has 1 aliphatic carbocycles. The fourth-order valence-electron chi connectivity index (χ4n) is 3.28. The number of ether oxygens (including phenoxy) is 1. The molecular weight excluding hydrogens is 258 g/mol. The molecule has 0 aromatic rings. The third-order valence-corrected chi connectivity index (χ3v) is 5.42. The van der Waals surface area contributed by atoms with Gasteiger partial charge >= 0.3 is 0 Å². The van der Waals surface area contributed by atoms with Gasteiger partial charge in [-0.05, 0) is 37.9 Å². The summed E-state index contributed by atoms with van der Waals surface area (Å²) < 4.78 is 6.33. The first-order valence-corrected chi connectivity index (χ1v) is 9.07. The fourth-order valence-corrected chi connectivity index (χ4v) is 4.11. The molecule has 0 aromatic heterocycles. The second-order valence-corrected chi connectivity index (χ2v) is 7.14.